The number of benzene rings is 1. The van der Waals surface area contributed by atoms with Crippen molar-refractivity contribution in [2.24, 2.45) is 0 Å². The molecule has 48 heavy (non-hydrogen) atoms. The van der Waals surface area contributed by atoms with E-state index in [0.29, 0.717) is 31.8 Å². The largest absolute Gasteiger partial charge is 0.478 e. The molecule has 1 saturated heterocycles. The van der Waals surface area contributed by atoms with Gasteiger partial charge in [-0.25, -0.2) is 27.3 Å². The number of carbonyl (C=O) groups excluding carboxylic acids is 2. The molecule has 2 aliphatic rings. The van der Waals surface area contributed by atoms with Crippen LogP contribution in [0.2, 0.25) is 25.7 Å². The first-order valence-electron chi connectivity index (χ1n) is 16.2. The lowest BCUT2D eigenvalue weighted by atomic mass is 9.96. The van der Waals surface area contributed by atoms with Crippen LogP contribution in [0.25, 0.3) is 5.57 Å². The Kier molecular flexibility index (Phi) is 11.5. The fourth-order valence-corrected chi connectivity index (χ4v) is 6.18. The number of aromatic nitrogens is 1. The lowest BCUT2D eigenvalue weighted by Crippen LogP contribution is -2.50. The summed E-state index contributed by atoms with van der Waals surface area (Å²) in [6.07, 6.45) is -0.903. The Morgan fingerprint density at radius 2 is 1.83 bits per heavy atom. The maximum absolute atomic E-state index is 16.6. The van der Waals surface area contributed by atoms with Crippen molar-refractivity contribution in [3.63, 3.8) is 0 Å². The molecule has 1 aromatic heterocycles. The minimum atomic E-state index is -3.04. The van der Waals surface area contributed by atoms with Crippen LogP contribution in [0.4, 0.5) is 33.7 Å². The molecule has 0 saturated carbocycles. The molecule has 0 radical (unpaired) electrons. The zero-order valence-corrected chi connectivity index (χ0v) is 30.1. The van der Waals surface area contributed by atoms with Crippen LogP contribution in [0.5, 0.6) is 5.88 Å². The molecule has 2 amide bonds. The van der Waals surface area contributed by atoms with Gasteiger partial charge in [0, 0.05) is 70.7 Å². The van der Waals surface area contributed by atoms with Crippen molar-refractivity contribution in [1.82, 2.24) is 14.8 Å². The van der Waals surface area contributed by atoms with Crippen LogP contribution in [-0.2, 0) is 4.74 Å². The van der Waals surface area contributed by atoms with Gasteiger partial charge in [-0.1, -0.05) is 25.7 Å². The Balaban J connectivity index is 1.69. The molecule has 1 unspecified atom stereocenters. The number of anilines is 2. The topological polar surface area (TPSA) is 87.2 Å². The molecule has 1 N–H and O–H groups in total. The molecule has 1 aromatic carbocycles. The van der Waals surface area contributed by atoms with Gasteiger partial charge >= 0.3 is 6.09 Å². The Morgan fingerprint density at radius 3 is 2.42 bits per heavy atom. The number of nitrogens with one attached hydrogen (secondary N) is 1. The predicted octanol–water partition coefficient (Wildman–Crippen LogP) is 7.43. The molecule has 1 fully saturated rings. The highest BCUT2D eigenvalue weighted by Gasteiger charge is 2.32. The van der Waals surface area contributed by atoms with Gasteiger partial charge in [0.2, 0.25) is 5.88 Å². The minimum Gasteiger partial charge on any atom is -0.478 e. The molecule has 0 bridgehead atoms. The summed E-state index contributed by atoms with van der Waals surface area (Å²) < 4.78 is 72.0. The molecule has 9 nitrogen and oxygen atoms in total. The third-order valence-corrected chi connectivity index (χ3v) is 10.1. The summed E-state index contributed by atoms with van der Waals surface area (Å²) in [6, 6.07) is 3.03. The van der Waals surface area contributed by atoms with E-state index in [2.05, 4.69) is 34.8 Å². The second-order valence-corrected chi connectivity index (χ2v) is 20.3. The minimum absolute atomic E-state index is 0.0351. The summed E-state index contributed by atoms with van der Waals surface area (Å²) in [5.74, 6) is -2.91. The molecule has 4 rings (SSSR count). The molecule has 0 spiro atoms. The van der Waals surface area contributed by atoms with Crippen LogP contribution in [0.3, 0.4) is 0 Å². The highest BCUT2D eigenvalue weighted by Crippen LogP contribution is 2.39. The van der Waals surface area contributed by atoms with E-state index in [-0.39, 0.29) is 48.4 Å². The highest BCUT2D eigenvalue weighted by atomic mass is 28.3. The molecule has 2 aliphatic heterocycles. The number of ether oxygens (including phenoxy) is 2. The number of hydrogen-bond donors (Lipinski definition) is 1. The zero-order valence-electron chi connectivity index (χ0n) is 29.1. The number of carbonyl (C=O) groups is 2. The van der Waals surface area contributed by atoms with Gasteiger partial charge in [-0.3, -0.25) is 4.79 Å². The summed E-state index contributed by atoms with van der Waals surface area (Å²) in [6.45, 7) is 15.7. The second-order valence-electron chi connectivity index (χ2n) is 14.6. The van der Waals surface area contributed by atoms with Gasteiger partial charge in [0.1, 0.15) is 17.1 Å². The van der Waals surface area contributed by atoms with E-state index in [9.17, 15) is 18.4 Å². The Morgan fingerprint density at radius 1 is 1.12 bits per heavy atom. The third kappa shape index (κ3) is 9.28. The number of amides is 2. The van der Waals surface area contributed by atoms with Crippen LogP contribution < -0.4 is 15.0 Å². The number of likely N-dealkylation sites (N-methyl/N-ethyl adjacent to an activating group) is 1. The van der Waals surface area contributed by atoms with Crippen LogP contribution in [0.15, 0.2) is 24.4 Å². The quantitative estimate of drug-likeness (QED) is 0.216. The summed E-state index contributed by atoms with van der Waals surface area (Å²) in [4.78, 5) is 35.6. The molecule has 0 aliphatic carbocycles. The van der Waals surface area contributed by atoms with Crippen LogP contribution in [0, 0.1) is 11.6 Å². The van der Waals surface area contributed by atoms with Gasteiger partial charge in [0.25, 0.3) is 12.3 Å². The van der Waals surface area contributed by atoms with E-state index in [0.717, 1.165) is 18.3 Å². The standard InChI is InChI=1S/C34H47F4N5O4Si/c1-21-20-43(14-13-41(21)5)26-18-25(35)28(22-9-11-42(12-10-22)33(45)47-34(2,3)4)29(36)30(26)40-32(44)24-19-39-27(17-23(24)31(37)38)46-15-16-48(6,7)8/h9,17-19,21,31H,10-16,20H2,1-8H3,(H,40,44). The van der Waals surface area contributed by atoms with Crippen molar-refractivity contribution < 1.29 is 36.6 Å². The van der Waals surface area contributed by atoms with Crippen molar-refractivity contribution in [3.05, 3.63) is 52.7 Å². The fourth-order valence-electron chi connectivity index (χ4n) is 5.47. The maximum Gasteiger partial charge on any atom is 0.410 e. The van der Waals surface area contributed by atoms with Gasteiger partial charge in [-0.15, -0.1) is 0 Å². The molecular weight excluding hydrogens is 646 g/mol. The van der Waals surface area contributed by atoms with Crippen molar-refractivity contribution in [2.75, 3.05) is 56.6 Å². The molecule has 1 atom stereocenters. The van der Waals surface area contributed by atoms with Crippen molar-refractivity contribution in [3.8, 4) is 5.88 Å². The van der Waals surface area contributed by atoms with Crippen LogP contribution in [0.1, 0.15) is 62.0 Å². The average Bonchev–Trinajstić information content (AvgIpc) is 2.98. The van der Waals surface area contributed by atoms with Crippen molar-refractivity contribution in [1.29, 1.82) is 0 Å². The number of pyridine rings is 1. The monoisotopic (exact) mass is 693 g/mol. The first-order valence-corrected chi connectivity index (χ1v) is 19.9. The lowest BCUT2D eigenvalue weighted by Gasteiger charge is -2.40. The van der Waals surface area contributed by atoms with Gasteiger partial charge in [0.15, 0.2) is 5.82 Å². The SMILES string of the molecule is CC1CN(c2cc(F)c(C3=CCN(C(=O)OC(C)(C)C)CC3)c(F)c2NC(=O)c2cnc(OCC[Si](C)(C)C)cc2C(F)F)CCN1C. The van der Waals surface area contributed by atoms with Gasteiger partial charge in [0.05, 0.1) is 23.4 Å². The van der Waals surface area contributed by atoms with E-state index in [1.165, 1.54) is 11.0 Å². The summed E-state index contributed by atoms with van der Waals surface area (Å²) in [7, 11) is 0.495. The normalized spacial score (nSPS) is 17.8. The molecule has 2 aromatic rings. The lowest BCUT2D eigenvalue weighted by molar-refractivity contribution is 0.0270. The van der Waals surface area contributed by atoms with E-state index in [4.69, 9.17) is 9.47 Å². The number of rotatable bonds is 9. The van der Waals surface area contributed by atoms with E-state index < -0.39 is 54.9 Å². The number of alkyl halides is 2. The zero-order chi connectivity index (χ0) is 35.6. The van der Waals surface area contributed by atoms with Crippen LogP contribution >= 0.6 is 0 Å². The Bertz CT molecular complexity index is 1540. The van der Waals surface area contributed by atoms with Gasteiger partial charge < -0.3 is 29.5 Å². The molecular formula is C34H47F4N5O4Si. The van der Waals surface area contributed by atoms with E-state index >= 15 is 8.78 Å². The smallest absolute Gasteiger partial charge is 0.410 e. The fraction of sp³-hybridized carbons (Fsp3) is 0.559. The highest BCUT2D eigenvalue weighted by molar-refractivity contribution is 6.76. The molecule has 14 heteroatoms. The van der Waals surface area contributed by atoms with Crippen LogP contribution in [-0.4, -0.2) is 92.9 Å². The average molecular weight is 694 g/mol. The summed E-state index contributed by atoms with van der Waals surface area (Å²) in [5.41, 5.74) is -2.02. The summed E-state index contributed by atoms with van der Waals surface area (Å²) >= 11 is 0. The Hall–Kier alpha value is -3.65. The van der Waals surface area contributed by atoms with Crippen molar-refractivity contribution in [2.45, 2.75) is 77.9 Å². The predicted molar refractivity (Wildman–Crippen MR) is 182 cm³/mol. The molecule has 264 valence electrons. The molecule has 3 heterocycles. The first-order chi connectivity index (χ1) is 22.3. The Labute approximate surface area is 281 Å². The van der Waals surface area contributed by atoms with Gasteiger partial charge in [-0.2, -0.15) is 0 Å². The number of nitrogens with zero attached hydrogens (tertiary/aromatic N) is 4. The number of halogens is 4. The maximum atomic E-state index is 16.6. The summed E-state index contributed by atoms with van der Waals surface area (Å²) in [5, 5.41) is 2.50. The number of hydrogen-bond acceptors (Lipinski definition) is 7. The van der Waals surface area contributed by atoms with E-state index in [1.54, 1.807) is 31.7 Å². The second kappa shape index (κ2) is 14.9. The first kappa shape index (κ1) is 37.2. The van der Waals surface area contributed by atoms with Gasteiger partial charge in [-0.05, 0) is 52.8 Å². The van der Waals surface area contributed by atoms with E-state index in [1.807, 2.05) is 14.0 Å². The van der Waals surface area contributed by atoms with Crippen molar-refractivity contribution >= 4 is 37.0 Å². The third-order valence-electron chi connectivity index (χ3n) is 8.41. The number of piperazine rings is 1.